The van der Waals surface area contributed by atoms with Crippen molar-refractivity contribution in [3.05, 3.63) is 36.0 Å². The van der Waals surface area contributed by atoms with Crippen LogP contribution in [0.25, 0.3) is 0 Å². The molecule has 1 aromatic carbocycles. The normalized spacial score (nSPS) is 18.9. The molecule has 1 aromatic heterocycles. The molecule has 15 heteroatoms. The van der Waals surface area contributed by atoms with Crippen LogP contribution in [0.15, 0.2) is 44.7 Å². The van der Waals surface area contributed by atoms with Gasteiger partial charge in [-0.2, -0.15) is 18.8 Å². The van der Waals surface area contributed by atoms with Crippen molar-refractivity contribution < 1.29 is 26.7 Å². The number of ether oxygens (including phenoxy) is 1. The summed E-state index contributed by atoms with van der Waals surface area (Å²) in [4.78, 5) is 19.9. The van der Waals surface area contributed by atoms with Gasteiger partial charge in [-0.3, -0.25) is 19.7 Å². The smallest absolute Gasteiger partial charge is 0.278 e. The molecule has 0 atom stereocenters. The first-order valence-electron chi connectivity index (χ1n) is 13.1. The maximum atomic E-state index is 13.4. The van der Waals surface area contributed by atoms with Gasteiger partial charge in [-0.15, -0.1) is 0 Å². The second-order valence-corrected chi connectivity index (χ2v) is 17.4. The van der Waals surface area contributed by atoms with Crippen LogP contribution in [0.2, 0.25) is 0 Å². The molecule has 0 saturated carbocycles. The number of aromatic nitrogens is 1. The second kappa shape index (κ2) is 12.3. The van der Waals surface area contributed by atoms with E-state index in [1.165, 1.54) is 16.8 Å². The topological polar surface area (TPSA) is 145 Å². The van der Waals surface area contributed by atoms with E-state index in [1.807, 2.05) is 12.1 Å². The van der Waals surface area contributed by atoms with Crippen LogP contribution in [0.5, 0.6) is 0 Å². The van der Waals surface area contributed by atoms with Gasteiger partial charge in [0.25, 0.3) is 15.9 Å². The van der Waals surface area contributed by atoms with Crippen molar-refractivity contribution in [2.75, 3.05) is 77.4 Å². The van der Waals surface area contributed by atoms with Crippen LogP contribution in [0, 0.1) is 0 Å². The molecule has 222 valence electrons. The molecule has 2 aliphatic rings. The third-order valence-corrected chi connectivity index (χ3v) is 13.0. The molecule has 2 saturated heterocycles. The number of rotatable bonds is 11. The summed E-state index contributed by atoms with van der Waals surface area (Å²) in [6.45, 7) is 3.88. The third kappa shape index (κ3) is 7.32. The van der Waals surface area contributed by atoms with Crippen molar-refractivity contribution in [2.24, 2.45) is 5.10 Å². The lowest BCUT2D eigenvalue weighted by Gasteiger charge is -2.39. The molecular weight excluding hydrogens is 577 g/mol. The molecule has 3 heterocycles. The molecule has 40 heavy (non-hydrogen) atoms. The molecule has 2 fully saturated rings. The maximum Gasteiger partial charge on any atom is 0.278 e. The van der Waals surface area contributed by atoms with Gasteiger partial charge in [0, 0.05) is 70.6 Å². The predicted molar refractivity (Wildman–Crippen MR) is 157 cm³/mol. The molecule has 0 aliphatic carbocycles. The first kappa shape index (κ1) is 30.7. The standard InChI is InChI=1S/C25H38N6O6S3/c1-29-13-15-31(16-14-29)39(33,34)22-19-26-25(38-22)27-24(32)23(28-30-11-4-5-12-30)20-7-9-21(10-8-20)40(3,35,36)18-6-17-37-2/h7-10,19H,4-6,11-18H2,1-3H3,(H,35,36)(H,26,27,32)/b28-23+. The molecule has 2 aromatic rings. The van der Waals surface area contributed by atoms with E-state index in [0.717, 1.165) is 24.2 Å². The van der Waals surface area contributed by atoms with E-state index in [2.05, 4.69) is 20.3 Å². The Morgan fingerprint density at radius 2 is 1.80 bits per heavy atom. The second-order valence-electron chi connectivity index (χ2n) is 10.3. The Morgan fingerprint density at radius 1 is 1.15 bits per heavy atom. The van der Waals surface area contributed by atoms with Gasteiger partial charge < -0.3 is 9.64 Å². The van der Waals surface area contributed by atoms with Gasteiger partial charge in [0.1, 0.15) is 0 Å². The summed E-state index contributed by atoms with van der Waals surface area (Å²) in [5, 5.41) is 9.25. The zero-order valence-corrected chi connectivity index (χ0v) is 25.6. The van der Waals surface area contributed by atoms with E-state index >= 15 is 0 Å². The highest BCUT2D eigenvalue weighted by molar-refractivity contribution is 8.14. The van der Waals surface area contributed by atoms with Crippen LogP contribution < -0.4 is 5.32 Å². The number of anilines is 1. The zero-order valence-electron chi connectivity index (χ0n) is 23.1. The van der Waals surface area contributed by atoms with E-state index in [4.69, 9.17) is 4.74 Å². The van der Waals surface area contributed by atoms with Gasteiger partial charge in [-0.05, 0) is 38.4 Å². The predicted octanol–water partition coefficient (Wildman–Crippen LogP) is 1.84. The summed E-state index contributed by atoms with van der Waals surface area (Å²) in [7, 11) is -4.30. The fourth-order valence-electron chi connectivity index (χ4n) is 4.55. The number of thiazole rings is 1. The van der Waals surface area contributed by atoms with Gasteiger partial charge in [0.2, 0.25) is 0 Å². The number of benzene rings is 1. The summed E-state index contributed by atoms with van der Waals surface area (Å²) in [5.74, 6) is -0.487. The maximum absolute atomic E-state index is 13.4. The molecule has 0 radical (unpaired) electrons. The largest absolute Gasteiger partial charge is 0.385 e. The molecule has 2 aliphatic heterocycles. The first-order valence-corrected chi connectivity index (χ1v) is 17.9. The van der Waals surface area contributed by atoms with Gasteiger partial charge in [-0.25, -0.2) is 17.6 Å². The number of nitrogens with one attached hydrogen (secondary N) is 1. The highest BCUT2D eigenvalue weighted by Crippen LogP contribution is 2.31. The van der Waals surface area contributed by atoms with Gasteiger partial charge in [0.15, 0.2) is 15.1 Å². The Bertz CT molecular complexity index is 1390. The minimum atomic E-state index is -4.09. The Balaban J connectivity index is 1.54. The quantitative estimate of drug-likeness (QED) is 0.286. The van der Waals surface area contributed by atoms with Gasteiger partial charge in [0.05, 0.1) is 11.1 Å². The Morgan fingerprint density at radius 3 is 2.42 bits per heavy atom. The average Bonchev–Trinajstić information content (AvgIpc) is 3.60. The van der Waals surface area contributed by atoms with Crippen molar-refractivity contribution in [3.63, 3.8) is 0 Å². The molecule has 0 unspecified atom stereocenters. The number of sulfonamides is 1. The number of carbonyl (C=O) groups excluding carboxylic acids is 1. The summed E-state index contributed by atoms with van der Waals surface area (Å²) in [6.07, 6.45) is 4.96. The number of nitrogens with zero attached hydrogens (tertiary/aromatic N) is 5. The minimum Gasteiger partial charge on any atom is -0.385 e. The monoisotopic (exact) mass is 614 g/mol. The van der Waals surface area contributed by atoms with Crippen LogP contribution in [-0.4, -0.2) is 120 Å². The van der Waals surface area contributed by atoms with E-state index < -0.39 is 25.3 Å². The number of hydrazone groups is 1. The fraction of sp³-hybridized carbons (Fsp3) is 0.560. The number of methoxy groups -OCH3 is 1. The van der Waals surface area contributed by atoms with Crippen LogP contribution in [-0.2, 0) is 28.9 Å². The molecular formula is C25H38N6O6S3. The van der Waals surface area contributed by atoms with Crippen LogP contribution >= 0.6 is 11.3 Å². The lowest BCUT2D eigenvalue weighted by Crippen LogP contribution is -2.46. The van der Waals surface area contributed by atoms with Crippen molar-refractivity contribution in [1.29, 1.82) is 0 Å². The lowest BCUT2D eigenvalue weighted by atomic mass is 10.1. The van der Waals surface area contributed by atoms with Gasteiger partial charge >= 0.3 is 0 Å². The van der Waals surface area contributed by atoms with Gasteiger partial charge in [-0.1, -0.05) is 23.5 Å². The van der Waals surface area contributed by atoms with Crippen molar-refractivity contribution in [2.45, 2.75) is 28.4 Å². The Hall–Kier alpha value is -2.27. The Kier molecular flexibility index (Phi) is 9.44. The molecule has 12 nitrogen and oxygen atoms in total. The van der Waals surface area contributed by atoms with Crippen molar-refractivity contribution in [3.8, 4) is 0 Å². The minimum absolute atomic E-state index is 0.0585. The number of hydrogen-bond acceptors (Lipinski definition) is 10. The fourth-order valence-corrected chi connectivity index (χ4v) is 9.02. The summed E-state index contributed by atoms with van der Waals surface area (Å²) < 4.78 is 57.0. The summed E-state index contributed by atoms with van der Waals surface area (Å²) >= 11 is 0.897. The van der Waals surface area contributed by atoms with E-state index in [0.29, 0.717) is 57.9 Å². The third-order valence-electron chi connectivity index (χ3n) is 7.01. The summed E-state index contributed by atoms with van der Waals surface area (Å²) in [6, 6.07) is 6.32. The first-order chi connectivity index (χ1) is 18.9. The molecule has 1 amide bonds. The Labute approximate surface area is 239 Å². The van der Waals surface area contributed by atoms with Crippen molar-refractivity contribution in [1.82, 2.24) is 19.2 Å². The van der Waals surface area contributed by atoms with Crippen LogP contribution in [0.4, 0.5) is 5.13 Å². The molecule has 0 spiro atoms. The van der Waals surface area contributed by atoms with E-state index in [-0.39, 0.29) is 25.7 Å². The number of hydrogen-bond donors (Lipinski definition) is 2. The molecule has 4 rings (SSSR count). The number of amides is 1. The van der Waals surface area contributed by atoms with E-state index in [9.17, 15) is 22.0 Å². The molecule has 0 bridgehead atoms. The average molecular weight is 615 g/mol. The zero-order chi connectivity index (χ0) is 29.0. The van der Waals surface area contributed by atoms with Crippen LogP contribution in [0.3, 0.4) is 0 Å². The molecule has 2 N–H and O–H groups in total. The highest BCUT2D eigenvalue weighted by atomic mass is 32.3. The SMILES string of the molecule is COCCCS(C)(=O)(O)c1ccc(/C(=N\N2CCCC2)C(=O)Nc2ncc(S(=O)(=O)N3CCN(C)CC3)s2)cc1. The van der Waals surface area contributed by atoms with Crippen LogP contribution in [0.1, 0.15) is 24.8 Å². The number of piperazine rings is 1. The number of carbonyl (C=O) groups is 1. The van der Waals surface area contributed by atoms with Crippen molar-refractivity contribution >= 4 is 47.5 Å². The lowest BCUT2D eigenvalue weighted by molar-refractivity contribution is -0.110. The highest BCUT2D eigenvalue weighted by Gasteiger charge is 2.30. The number of likely N-dealkylation sites (N-methyl/N-ethyl adjacent to an activating group) is 1. The van der Waals surface area contributed by atoms with E-state index in [1.54, 1.807) is 31.4 Å². The summed E-state index contributed by atoms with van der Waals surface area (Å²) in [5.41, 5.74) is 0.582.